The van der Waals surface area contributed by atoms with Crippen LogP contribution >= 0.6 is 11.6 Å². The molecule has 28 heavy (non-hydrogen) atoms. The fourth-order valence-electron chi connectivity index (χ4n) is 2.71. The van der Waals surface area contributed by atoms with E-state index in [0.717, 1.165) is 5.56 Å². The molecule has 3 aromatic rings. The highest BCUT2D eigenvalue weighted by atomic mass is 35.5. The number of benzene rings is 3. The highest BCUT2D eigenvalue weighted by molar-refractivity contribution is 6.31. The summed E-state index contributed by atoms with van der Waals surface area (Å²) in [6.07, 6.45) is 0. The van der Waals surface area contributed by atoms with Gasteiger partial charge in [0.25, 0.3) is 11.8 Å². The van der Waals surface area contributed by atoms with Crippen molar-refractivity contribution in [1.29, 1.82) is 0 Å². The number of anilines is 1. The lowest BCUT2D eigenvalue weighted by atomic mass is 10.1. The molecule has 0 aliphatic rings. The minimum Gasteiger partial charge on any atom is -0.496 e. The van der Waals surface area contributed by atoms with Crippen LogP contribution in [0.4, 0.5) is 5.69 Å². The summed E-state index contributed by atoms with van der Waals surface area (Å²) in [6.45, 7) is 0.393. The first-order chi connectivity index (χ1) is 13.6. The molecule has 0 aliphatic heterocycles. The maximum Gasteiger partial charge on any atom is 0.259 e. The van der Waals surface area contributed by atoms with Crippen molar-refractivity contribution < 1.29 is 14.3 Å². The Balaban J connectivity index is 1.77. The molecular formula is C22H19ClN2O3. The van der Waals surface area contributed by atoms with Crippen LogP contribution < -0.4 is 15.4 Å². The number of ether oxygens (including phenoxy) is 1. The zero-order valence-electron chi connectivity index (χ0n) is 15.2. The highest BCUT2D eigenvalue weighted by Crippen LogP contribution is 2.24. The summed E-state index contributed by atoms with van der Waals surface area (Å²) in [6, 6.07) is 21.2. The molecule has 0 aromatic heterocycles. The van der Waals surface area contributed by atoms with Gasteiger partial charge in [-0.05, 0) is 35.9 Å². The van der Waals surface area contributed by atoms with Crippen molar-refractivity contribution in [2.45, 2.75) is 6.54 Å². The summed E-state index contributed by atoms with van der Waals surface area (Å²) in [5, 5.41) is 6.05. The quantitative estimate of drug-likeness (QED) is 0.645. The first-order valence-electron chi connectivity index (χ1n) is 8.64. The molecule has 0 saturated carbocycles. The molecule has 0 unspecified atom stereocenters. The topological polar surface area (TPSA) is 67.4 Å². The lowest BCUT2D eigenvalue weighted by Gasteiger charge is -2.13. The van der Waals surface area contributed by atoms with E-state index in [9.17, 15) is 9.59 Å². The van der Waals surface area contributed by atoms with E-state index < -0.39 is 5.91 Å². The van der Waals surface area contributed by atoms with Crippen molar-refractivity contribution in [3.05, 3.63) is 94.5 Å². The van der Waals surface area contributed by atoms with Gasteiger partial charge in [0.05, 0.1) is 23.9 Å². The van der Waals surface area contributed by atoms with Gasteiger partial charge >= 0.3 is 0 Å². The van der Waals surface area contributed by atoms with Gasteiger partial charge in [0.15, 0.2) is 0 Å². The number of amides is 2. The Kier molecular flexibility index (Phi) is 6.29. The summed E-state index contributed by atoms with van der Waals surface area (Å²) in [7, 11) is 1.48. The van der Waals surface area contributed by atoms with E-state index in [1.54, 1.807) is 36.4 Å². The van der Waals surface area contributed by atoms with Crippen molar-refractivity contribution >= 4 is 29.1 Å². The fraction of sp³-hybridized carbons (Fsp3) is 0.0909. The van der Waals surface area contributed by atoms with Crippen molar-refractivity contribution in [3.8, 4) is 5.75 Å². The third-order valence-electron chi connectivity index (χ3n) is 4.12. The zero-order valence-corrected chi connectivity index (χ0v) is 16.0. The number of methoxy groups -OCH3 is 1. The van der Waals surface area contributed by atoms with E-state index >= 15 is 0 Å². The number of para-hydroxylation sites is 1. The van der Waals surface area contributed by atoms with E-state index in [0.29, 0.717) is 28.6 Å². The number of carbonyl (C=O) groups excluding carboxylic acids is 2. The second-order valence-corrected chi connectivity index (χ2v) is 6.45. The Morgan fingerprint density at radius 2 is 1.61 bits per heavy atom. The van der Waals surface area contributed by atoms with Gasteiger partial charge < -0.3 is 15.4 Å². The SMILES string of the molecule is COc1ccc(Cl)cc1C(=O)Nc1ccccc1C(=O)NCc1ccccc1. The number of nitrogens with one attached hydrogen (secondary N) is 2. The third kappa shape index (κ3) is 4.69. The minimum absolute atomic E-state index is 0.280. The Morgan fingerprint density at radius 3 is 2.36 bits per heavy atom. The van der Waals surface area contributed by atoms with Gasteiger partial charge in [-0.3, -0.25) is 9.59 Å². The summed E-state index contributed by atoms with van der Waals surface area (Å²) < 4.78 is 5.23. The lowest BCUT2D eigenvalue weighted by molar-refractivity contribution is 0.0952. The molecule has 3 rings (SSSR count). The first-order valence-corrected chi connectivity index (χ1v) is 9.02. The summed E-state index contributed by atoms with van der Waals surface area (Å²) in [5.41, 5.74) is 2.04. The second kappa shape index (κ2) is 9.06. The molecule has 3 aromatic carbocycles. The summed E-state index contributed by atoms with van der Waals surface area (Å²) in [5.74, 6) is -0.298. The smallest absolute Gasteiger partial charge is 0.259 e. The van der Waals surface area contributed by atoms with E-state index in [2.05, 4.69) is 10.6 Å². The van der Waals surface area contributed by atoms with Gasteiger partial charge in [-0.15, -0.1) is 0 Å². The fourth-order valence-corrected chi connectivity index (χ4v) is 2.88. The molecule has 0 atom stereocenters. The lowest BCUT2D eigenvalue weighted by Crippen LogP contribution is -2.25. The standard InChI is InChI=1S/C22H19ClN2O3/c1-28-20-12-11-16(23)13-18(20)22(27)25-19-10-6-5-9-17(19)21(26)24-14-15-7-3-2-4-8-15/h2-13H,14H2,1H3,(H,24,26)(H,25,27). The number of rotatable bonds is 6. The molecule has 0 fully saturated rings. The van der Waals surface area contributed by atoms with Crippen LogP contribution in [-0.2, 0) is 6.54 Å². The molecule has 5 nitrogen and oxygen atoms in total. The summed E-state index contributed by atoms with van der Waals surface area (Å²) >= 11 is 6.00. The van der Waals surface area contributed by atoms with Crippen molar-refractivity contribution in [3.63, 3.8) is 0 Å². The van der Waals surface area contributed by atoms with Crippen LogP contribution in [0.15, 0.2) is 72.8 Å². The number of hydrogen-bond acceptors (Lipinski definition) is 3. The average molecular weight is 395 g/mol. The summed E-state index contributed by atoms with van der Waals surface area (Å²) in [4.78, 5) is 25.3. The van der Waals surface area contributed by atoms with E-state index in [-0.39, 0.29) is 11.5 Å². The maximum absolute atomic E-state index is 12.7. The molecule has 0 aliphatic carbocycles. The van der Waals surface area contributed by atoms with E-state index in [1.165, 1.54) is 13.2 Å². The van der Waals surface area contributed by atoms with Crippen LogP contribution in [0.3, 0.4) is 0 Å². The molecule has 0 bridgehead atoms. The Hall–Kier alpha value is -3.31. The Bertz CT molecular complexity index is 990. The van der Waals surface area contributed by atoms with Crippen LogP contribution in [-0.4, -0.2) is 18.9 Å². The maximum atomic E-state index is 12.7. The molecule has 2 N–H and O–H groups in total. The molecule has 6 heteroatoms. The molecular weight excluding hydrogens is 376 g/mol. The van der Waals surface area contributed by atoms with Crippen LogP contribution in [0.25, 0.3) is 0 Å². The third-order valence-corrected chi connectivity index (χ3v) is 4.36. The van der Waals surface area contributed by atoms with E-state index in [4.69, 9.17) is 16.3 Å². The Morgan fingerprint density at radius 1 is 0.893 bits per heavy atom. The highest BCUT2D eigenvalue weighted by Gasteiger charge is 2.17. The van der Waals surface area contributed by atoms with Crippen molar-refractivity contribution in [1.82, 2.24) is 5.32 Å². The average Bonchev–Trinajstić information content (AvgIpc) is 2.73. The molecule has 0 spiro atoms. The molecule has 142 valence electrons. The van der Waals surface area contributed by atoms with Crippen molar-refractivity contribution in [2.75, 3.05) is 12.4 Å². The minimum atomic E-state index is -0.414. The monoisotopic (exact) mass is 394 g/mol. The normalized spacial score (nSPS) is 10.2. The van der Waals surface area contributed by atoms with Gasteiger partial charge in [-0.2, -0.15) is 0 Å². The van der Waals surface area contributed by atoms with Gasteiger partial charge in [0, 0.05) is 11.6 Å². The second-order valence-electron chi connectivity index (χ2n) is 6.01. The van der Waals surface area contributed by atoms with Crippen molar-refractivity contribution in [2.24, 2.45) is 0 Å². The molecule has 2 amide bonds. The van der Waals surface area contributed by atoms with Gasteiger partial charge in [0.1, 0.15) is 5.75 Å². The molecule has 0 saturated heterocycles. The number of carbonyl (C=O) groups is 2. The van der Waals surface area contributed by atoms with Gasteiger partial charge in [0.2, 0.25) is 0 Å². The van der Waals surface area contributed by atoms with Gasteiger partial charge in [-0.1, -0.05) is 54.1 Å². The molecule has 0 radical (unpaired) electrons. The van der Waals surface area contributed by atoms with Crippen LogP contribution in [0.2, 0.25) is 5.02 Å². The van der Waals surface area contributed by atoms with Crippen LogP contribution in [0.1, 0.15) is 26.3 Å². The number of halogens is 1. The first kappa shape index (κ1) is 19.5. The zero-order chi connectivity index (χ0) is 19.9. The predicted molar refractivity (Wildman–Crippen MR) is 110 cm³/mol. The van der Waals surface area contributed by atoms with Crippen LogP contribution in [0, 0.1) is 0 Å². The van der Waals surface area contributed by atoms with Gasteiger partial charge in [-0.25, -0.2) is 0 Å². The largest absolute Gasteiger partial charge is 0.496 e. The molecule has 0 heterocycles. The number of hydrogen-bond donors (Lipinski definition) is 2. The Labute approximate surface area is 168 Å². The van der Waals surface area contributed by atoms with Crippen LogP contribution in [0.5, 0.6) is 5.75 Å². The van der Waals surface area contributed by atoms with E-state index in [1.807, 2.05) is 30.3 Å². The predicted octanol–water partition coefficient (Wildman–Crippen LogP) is 4.53.